The van der Waals surface area contributed by atoms with Crippen molar-refractivity contribution in [3.05, 3.63) is 161 Å². The molecule has 5 rings (SSSR count). The van der Waals surface area contributed by atoms with Crippen LogP contribution >= 0.6 is 0 Å². The molecule has 0 saturated heterocycles. The number of ether oxygens (including phenoxy) is 2. The van der Waals surface area contributed by atoms with Gasteiger partial charge in [0.25, 0.3) is 5.91 Å². The number of hydrogen-bond acceptors (Lipinski definition) is 3. The fourth-order valence-electron chi connectivity index (χ4n) is 4.63. The number of hydrogen-bond donors (Lipinski definition) is 0. The Bertz CT molecular complexity index is 1500. The van der Waals surface area contributed by atoms with E-state index in [2.05, 4.69) is 36.4 Å². The lowest BCUT2D eigenvalue weighted by molar-refractivity contribution is 0.0728. The van der Waals surface area contributed by atoms with Crippen molar-refractivity contribution in [2.45, 2.75) is 26.4 Å². The van der Waals surface area contributed by atoms with Gasteiger partial charge in [0.05, 0.1) is 6.61 Å². The van der Waals surface area contributed by atoms with Crippen LogP contribution in [0.1, 0.15) is 39.5 Å². The summed E-state index contributed by atoms with van der Waals surface area (Å²) in [6.07, 6.45) is 0.892. The van der Waals surface area contributed by atoms with Crippen molar-refractivity contribution in [2.24, 2.45) is 0 Å². The maximum atomic E-state index is 13.5. The lowest BCUT2D eigenvalue weighted by Gasteiger charge is -2.24. The minimum Gasteiger partial charge on any atom is -0.494 e. The molecule has 40 heavy (non-hydrogen) atoms. The molecule has 0 N–H and O–H groups in total. The molecule has 200 valence electrons. The normalized spacial score (nSPS) is 10.6. The molecular weight excluding hydrogens is 494 g/mol. The molecule has 0 aromatic heterocycles. The molecule has 4 nitrogen and oxygen atoms in total. The second-order valence-corrected chi connectivity index (χ2v) is 9.62. The quantitative estimate of drug-likeness (QED) is 0.173. The zero-order valence-corrected chi connectivity index (χ0v) is 22.7. The van der Waals surface area contributed by atoms with E-state index in [-0.39, 0.29) is 5.91 Å². The van der Waals surface area contributed by atoms with Gasteiger partial charge in [0.15, 0.2) is 0 Å². The Labute approximate surface area is 236 Å². The lowest BCUT2D eigenvalue weighted by atomic mass is 10.1. The number of amides is 1. The SMILES string of the molecule is CCOc1ccccc1CN(Cc1ccc(Oc2ccc(Cc3ccccc3)cc2)cc1)C(=O)c1ccccc1. The highest BCUT2D eigenvalue weighted by molar-refractivity contribution is 5.94. The van der Waals surface area contributed by atoms with E-state index >= 15 is 0 Å². The Morgan fingerprint density at radius 1 is 0.600 bits per heavy atom. The maximum absolute atomic E-state index is 13.5. The van der Waals surface area contributed by atoms with Crippen LogP contribution in [0.4, 0.5) is 0 Å². The van der Waals surface area contributed by atoms with Gasteiger partial charge in [-0.05, 0) is 72.5 Å². The largest absolute Gasteiger partial charge is 0.494 e. The van der Waals surface area contributed by atoms with Crippen molar-refractivity contribution < 1.29 is 14.3 Å². The highest BCUT2D eigenvalue weighted by Gasteiger charge is 2.18. The van der Waals surface area contributed by atoms with E-state index in [0.717, 1.165) is 34.8 Å². The Morgan fingerprint density at radius 2 is 1.15 bits per heavy atom. The molecule has 0 radical (unpaired) electrons. The van der Waals surface area contributed by atoms with E-state index < -0.39 is 0 Å². The van der Waals surface area contributed by atoms with Crippen LogP contribution < -0.4 is 9.47 Å². The molecule has 0 atom stereocenters. The smallest absolute Gasteiger partial charge is 0.254 e. The van der Waals surface area contributed by atoms with Gasteiger partial charge in [0.1, 0.15) is 17.2 Å². The van der Waals surface area contributed by atoms with E-state index in [0.29, 0.717) is 25.3 Å². The van der Waals surface area contributed by atoms with Crippen molar-refractivity contribution in [1.29, 1.82) is 0 Å². The van der Waals surface area contributed by atoms with Crippen LogP contribution in [-0.4, -0.2) is 17.4 Å². The molecular formula is C36H33NO3. The summed E-state index contributed by atoms with van der Waals surface area (Å²) in [7, 11) is 0. The Hall–Kier alpha value is -4.83. The lowest BCUT2D eigenvalue weighted by Crippen LogP contribution is -2.30. The van der Waals surface area contributed by atoms with Gasteiger partial charge in [0, 0.05) is 24.2 Å². The maximum Gasteiger partial charge on any atom is 0.254 e. The van der Waals surface area contributed by atoms with Crippen LogP contribution in [0, 0.1) is 0 Å². The molecule has 0 heterocycles. The minimum atomic E-state index is -0.0252. The van der Waals surface area contributed by atoms with Gasteiger partial charge in [-0.15, -0.1) is 0 Å². The van der Waals surface area contributed by atoms with E-state index in [1.54, 1.807) is 0 Å². The first kappa shape index (κ1) is 26.8. The standard InChI is InChI=1S/C36H33NO3/c1-2-39-35-16-10-9-15-32(35)27-37(36(38)31-13-7-4-8-14-31)26-30-19-23-34(24-20-30)40-33-21-17-29(18-22-33)25-28-11-5-3-6-12-28/h3-24H,2,25-27H2,1H3. The number of nitrogens with zero attached hydrogens (tertiary/aromatic N) is 1. The van der Waals surface area contributed by atoms with Gasteiger partial charge in [-0.2, -0.15) is 0 Å². The molecule has 0 spiro atoms. The molecule has 0 saturated carbocycles. The number of benzene rings is 5. The van der Waals surface area contributed by atoms with Gasteiger partial charge in [-0.1, -0.05) is 91.0 Å². The predicted molar refractivity (Wildman–Crippen MR) is 160 cm³/mol. The first-order valence-electron chi connectivity index (χ1n) is 13.6. The summed E-state index contributed by atoms with van der Waals surface area (Å²) in [5.41, 5.74) is 5.18. The fourth-order valence-corrected chi connectivity index (χ4v) is 4.63. The number of para-hydroxylation sites is 1. The van der Waals surface area contributed by atoms with Crippen molar-refractivity contribution in [3.8, 4) is 17.2 Å². The third-order valence-electron chi connectivity index (χ3n) is 6.65. The topological polar surface area (TPSA) is 38.8 Å². The molecule has 0 aliphatic carbocycles. The molecule has 0 fully saturated rings. The summed E-state index contributed by atoms with van der Waals surface area (Å²) in [4.78, 5) is 15.4. The molecule has 4 heteroatoms. The molecule has 0 aliphatic rings. The van der Waals surface area contributed by atoms with Gasteiger partial charge in [-0.25, -0.2) is 0 Å². The predicted octanol–water partition coefficient (Wildman–Crippen LogP) is 8.31. The van der Waals surface area contributed by atoms with Gasteiger partial charge in [-0.3, -0.25) is 4.79 Å². The van der Waals surface area contributed by atoms with Crippen molar-refractivity contribution in [1.82, 2.24) is 4.90 Å². The molecule has 0 aliphatic heterocycles. The van der Waals surface area contributed by atoms with Crippen LogP contribution in [-0.2, 0) is 19.5 Å². The van der Waals surface area contributed by atoms with Crippen LogP contribution in [0.5, 0.6) is 17.2 Å². The summed E-state index contributed by atoms with van der Waals surface area (Å²) in [5, 5.41) is 0. The highest BCUT2D eigenvalue weighted by Crippen LogP contribution is 2.25. The van der Waals surface area contributed by atoms with Crippen molar-refractivity contribution >= 4 is 5.91 Å². The van der Waals surface area contributed by atoms with Crippen LogP contribution in [0.2, 0.25) is 0 Å². The van der Waals surface area contributed by atoms with Crippen molar-refractivity contribution in [2.75, 3.05) is 6.61 Å². The first-order chi connectivity index (χ1) is 19.7. The molecule has 5 aromatic carbocycles. The highest BCUT2D eigenvalue weighted by atomic mass is 16.5. The van der Waals surface area contributed by atoms with Crippen molar-refractivity contribution in [3.63, 3.8) is 0 Å². The van der Waals surface area contributed by atoms with Gasteiger partial charge in [0.2, 0.25) is 0 Å². The third kappa shape index (κ3) is 7.17. The number of carbonyl (C=O) groups excluding carboxylic acids is 1. The fraction of sp³-hybridized carbons (Fsp3) is 0.139. The average Bonchev–Trinajstić information content (AvgIpc) is 3.00. The molecule has 5 aromatic rings. The van der Waals surface area contributed by atoms with Gasteiger partial charge >= 0.3 is 0 Å². The van der Waals surface area contributed by atoms with E-state index in [9.17, 15) is 4.79 Å². The molecule has 0 bridgehead atoms. The monoisotopic (exact) mass is 527 g/mol. The van der Waals surface area contributed by atoms with Crippen LogP contribution in [0.25, 0.3) is 0 Å². The number of rotatable bonds is 11. The minimum absolute atomic E-state index is 0.0252. The second kappa shape index (κ2) is 13.3. The van der Waals surface area contributed by atoms with Crippen LogP contribution in [0.15, 0.2) is 133 Å². The zero-order chi connectivity index (χ0) is 27.6. The summed E-state index contributed by atoms with van der Waals surface area (Å²) in [5.74, 6) is 2.32. The zero-order valence-electron chi connectivity index (χ0n) is 22.7. The molecule has 0 unspecified atom stereocenters. The Morgan fingerprint density at radius 3 is 1.80 bits per heavy atom. The summed E-state index contributed by atoms with van der Waals surface area (Å²) >= 11 is 0. The van der Waals surface area contributed by atoms with Gasteiger partial charge < -0.3 is 14.4 Å². The summed E-state index contributed by atoms with van der Waals surface area (Å²) in [6.45, 7) is 3.44. The molecule has 1 amide bonds. The first-order valence-corrected chi connectivity index (χ1v) is 13.6. The summed E-state index contributed by atoms with van der Waals surface area (Å²) < 4.78 is 11.9. The third-order valence-corrected chi connectivity index (χ3v) is 6.65. The second-order valence-electron chi connectivity index (χ2n) is 9.62. The number of carbonyl (C=O) groups is 1. The Balaban J connectivity index is 1.28. The van der Waals surface area contributed by atoms with Crippen LogP contribution in [0.3, 0.4) is 0 Å². The average molecular weight is 528 g/mol. The summed E-state index contributed by atoms with van der Waals surface area (Å²) in [6, 6.07) is 43.9. The van der Waals surface area contributed by atoms with E-state index in [4.69, 9.17) is 9.47 Å². The van der Waals surface area contributed by atoms with E-state index in [1.807, 2.05) is 109 Å². The van der Waals surface area contributed by atoms with E-state index in [1.165, 1.54) is 11.1 Å². The Kier molecular flexibility index (Phi) is 8.90.